The Bertz CT molecular complexity index is 644. The van der Waals surface area contributed by atoms with Crippen LogP contribution in [0.4, 0.5) is 0 Å². The van der Waals surface area contributed by atoms with Crippen molar-refractivity contribution in [3.8, 4) is 11.5 Å². The van der Waals surface area contributed by atoms with Crippen molar-refractivity contribution in [1.29, 1.82) is 0 Å². The van der Waals surface area contributed by atoms with Crippen LogP contribution in [0.25, 0.3) is 0 Å². The Labute approximate surface area is 131 Å². The molecular weight excluding hydrogens is 399 g/mol. The van der Waals surface area contributed by atoms with Crippen LogP contribution in [-0.4, -0.2) is 11.1 Å². The van der Waals surface area contributed by atoms with Crippen LogP contribution in [0.15, 0.2) is 45.3 Å². The van der Waals surface area contributed by atoms with Crippen molar-refractivity contribution in [2.75, 3.05) is 0 Å². The fourth-order valence-electron chi connectivity index (χ4n) is 1.47. The Hall–Kier alpha value is -1.04. The second kappa shape index (κ2) is 5.94. The van der Waals surface area contributed by atoms with Crippen LogP contribution in [0.5, 0.6) is 11.5 Å². The fraction of sp³-hybridized carbons (Fsp3) is 0. The number of benzene rings is 2. The highest BCUT2D eigenvalue weighted by Gasteiger charge is 2.16. The Morgan fingerprint density at radius 1 is 1.16 bits per heavy atom. The van der Waals surface area contributed by atoms with Gasteiger partial charge in [0.15, 0.2) is 0 Å². The molecule has 0 saturated carbocycles. The molecule has 0 unspecified atom stereocenters. The Morgan fingerprint density at radius 3 is 2.58 bits per heavy atom. The second-order valence-electron chi connectivity index (χ2n) is 3.59. The summed E-state index contributed by atoms with van der Waals surface area (Å²) in [5.41, 5.74) is 0.0542. The number of carboxylic acids is 1. The number of carbonyl (C=O) groups is 1. The molecule has 0 aliphatic rings. The van der Waals surface area contributed by atoms with Crippen molar-refractivity contribution in [3.05, 3.63) is 55.9 Å². The number of ether oxygens (including phenoxy) is 1. The molecule has 6 heteroatoms. The number of hydrogen-bond acceptors (Lipinski definition) is 2. The molecule has 2 aromatic carbocycles. The van der Waals surface area contributed by atoms with Crippen LogP contribution in [-0.2, 0) is 0 Å². The molecule has 98 valence electrons. The smallest absolute Gasteiger partial charge is 0.340 e. The van der Waals surface area contributed by atoms with E-state index in [2.05, 4.69) is 31.9 Å². The van der Waals surface area contributed by atoms with E-state index < -0.39 is 5.97 Å². The minimum absolute atomic E-state index is 0.0542. The lowest BCUT2D eigenvalue weighted by molar-refractivity contribution is 0.0693. The van der Waals surface area contributed by atoms with E-state index in [0.29, 0.717) is 15.2 Å². The first-order valence-corrected chi connectivity index (χ1v) is 7.10. The van der Waals surface area contributed by atoms with Gasteiger partial charge in [-0.25, -0.2) is 4.79 Å². The van der Waals surface area contributed by atoms with Gasteiger partial charge < -0.3 is 9.84 Å². The molecule has 0 heterocycles. The van der Waals surface area contributed by atoms with Crippen molar-refractivity contribution in [2.24, 2.45) is 0 Å². The standard InChI is InChI=1S/C13H7Br2ClO3/c14-7-4-5-9(16)11(6-7)19-10-3-1-2-8(15)12(10)13(17)18/h1-6H,(H,17,18). The molecule has 2 aromatic rings. The average molecular weight is 406 g/mol. The van der Waals surface area contributed by atoms with E-state index in [9.17, 15) is 9.90 Å². The summed E-state index contributed by atoms with van der Waals surface area (Å²) >= 11 is 12.5. The Morgan fingerprint density at radius 2 is 1.89 bits per heavy atom. The molecule has 0 bridgehead atoms. The van der Waals surface area contributed by atoms with Gasteiger partial charge in [-0.2, -0.15) is 0 Å². The second-order valence-corrected chi connectivity index (χ2v) is 5.77. The van der Waals surface area contributed by atoms with Crippen molar-refractivity contribution >= 4 is 49.4 Å². The first-order valence-electron chi connectivity index (χ1n) is 5.13. The molecule has 0 aliphatic heterocycles. The molecule has 0 aromatic heterocycles. The summed E-state index contributed by atoms with van der Waals surface area (Å²) < 4.78 is 6.83. The van der Waals surface area contributed by atoms with E-state index >= 15 is 0 Å². The topological polar surface area (TPSA) is 46.5 Å². The van der Waals surface area contributed by atoms with Gasteiger partial charge in [0.2, 0.25) is 0 Å². The summed E-state index contributed by atoms with van der Waals surface area (Å²) in [7, 11) is 0. The van der Waals surface area contributed by atoms with E-state index in [4.69, 9.17) is 16.3 Å². The molecule has 0 spiro atoms. The van der Waals surface area contributed by atoms with Gasteiger partial charge in [0.05, 0.1) is 5.02 Å². The van der Waals surface area contributed by atoms with Gasteiger partial charge in [0.25, 0.3) is 0 Å². The third kappa shape index (κ3) is 3.29. The minimum atomic E-state index is -1.08. The predicted octanol–water partition coefficient (Wildman–Crippen LogP) is 5.36. The zero-order valence-corrected chi connectivity index (χ0v) is 13.3. The highest BCUT2D eigenvalue weighted by Crippen LogP contribution is 2.35. The molecule has 0 saturated heterocycles. The highest BCUT2D eigenvalue weighted by molar-refractivity contribution is 9.10. The Balaban J connectivity index is 2.46. The fourth-order valence-corrected chi connectivity index (χ4v) is 2.48. The first-order chi connectivity index (χ1) is 8.99. The van der Waals surface area contributed by atoms with Gasteiger partial charge in [-0.15, -0.1) is 0 Å². The third-order valence-electron chi connectivity index (χ3n) is 2.30. The SMILES string of the molecule is O=C(O)c1c(Br)cccc1Oc1cc(Br)ccc1Cl. The lowest BCUT2D eigenvalue weighted by Crippen LogP contribution is -2.01. The highest BCUT2D eigenvalue weighted by atomic mass is 79.9. The van der Waals surface area contributed by atoms with E-state index in [-0.39, 0.29) is 11.3 Å². The average Bonchev–Trinajstić information content (AvgIpc) is 2.33. The quantitative estimate of drug-likeness (QED) is 0.747. The molecule has 0 aliphatic carbocycles. The predicted molar refractivity (Wildman–Crippen MR) is 80.3 cm³/mol. The van der Waals surface area contributed by atoms with Gasteiger partial charge in [0, 0.05) is 8.95 Å². The van der Waals surface area contributed by atoms with Crippen molar-refractivity contribution in [3.63, 3.8) is 0 Å². The van der Waals surface area contributed by atoms with E-state index in [1.54, 1.807) is 36.4 Å². The summed E-state index contributed by atoms with van der Waals surface area (Å²) in [6.45, 7) is 0. The molecule has 2 rings (SSSR count). The maximum Gasteiger partial charge on any atom is 0.340 e. The van der Waals surface area contributed by atoms with Crippen LogP contribution < -0.4 is 4.74 Å². The van der Waals surface area contributed by atoms with Gasteiger partial charge >= 0.3 is 5.97 Å². The lowest BCUT2D eigenvalue weighted by Gasteiger charge is -2.11. The largest absolute Gasteiger partial charge is 0.478 e. The molecule has 0 radical (unpaired) electrons. The third-order valence-corrected chi connectivity index (χ3v) is 3.77. The maximum absolute atomic E-state index is 11.2. The maximum atomic E-state index is 11.2. The van der Waals surface area contributed by atoms with Crippen LogP contribution in [0.2, 0.25) is 5.02 Å². The first kappa shape index (κ1) is 14.4. The van der Waals surface area contributed by atoms with Crippen LogP contribution in [0.1, 0.15) is 10.4 Å². The van der Waals surface area contributed by atoms with E-state index in [1.165, 1.54) is 0 Å². The summed E-state index contributed by atoms with van der Waals surface area (Å²) in [6.07, 6.45) is 0. The zero-order chi connectivity index (χ0) is 14.0. The molecule has 1 N–H and O–H groups in total. The van der Waals surface area contributed by atoms with E-state index in [1.807, 2.05) is 0 Å². The Kier molecular flexibility index (Phi) is 4.50. The van der Waals surface area contributed by atoms with Crippen molar-refractivity contribution < 1.29 is 14.6 Å². The number of hydrogen-bond donors (Lipinski definition) is 1. The van der Waals surface area contributed by atoms with Crippen molar-refractivity contribution in [2.45, 2.75) is 0 Å². The van der Waals surface area contributed by atoms with Gasteiger partial charge in [0.1, 0.15) is 17.1 Å². The van der Waals surface area contributed by atoms with Crippen LogP contribution >= 0.6 is 43.5 Å². The monoisotopic (exact) mass is 404 g/mol. The normalized spacial score (nSPS) is 10.3. The molecule has 0 amide bonds. The minimum Gasteiger partial charge on any atom is -0.478 e. The number of carboxylic acid groups (broad SMARTS) is 1. The van der Waals surface area contributed by atoms with Crippen LogP contribution in [0, 0.1) is 0 Å². The number of aromatic carboxylic acids is 1. The lowest BCUT2D eigenvalue weighted by atomic mass is 10.2. The number of rotatable bonds is 3. The molecule has 0 fully saturated rings. The van der Waals surface area contributed by atoms with Gasteiger partial charge in [-0.05, 0) is 46.3 Å². The summed E-state index contributed by atoms with van der Waals surface area (Å²) in [5, 5.41) is 9.60. The van der Waals surface area contributed by atoms with Crippen LogP contribution in [0.3, 0.4) is 0 Å². The summed E-state index contributed by atoms with van der Waals surface area (Å²) in [6, 6.07) is 10.0. The molecule has 3 nitrogen and oxygen atoms in total. The summed E-state index contributed by atoms with van der Waals surface area (Å²) in [5.74, 6) is -0.466. The van der Waals surface area contributed by atoms with E-state index in [0.717, 1.165) is 4.47 Å². The summed E-state index contributed by atoms with van der Waals surface area (Å²) in [4.78, 5) is 11.2. The molecule has 0 atom stereocenters. The van der Waals surface area contributed by atoms with Gasteiger partial charge in [-0.1, -0.05) is 33.6 Å². The van der Waals surface area contributed by atoms with Gasteiger partial charge in [-0.3, -0.25) is 0 Å². The zero-order valence-electron chi connectivity index (χ0n) is 9.36. The van der Waals surface area contributed by atoms with Crippen molar-refractivity contribution in [1.82, 2.24) is 0 Å². The number of halogens is 3. The molecule has 19 heavy (non-hydrogen) atoms. The molecular formula is C13H7Br2ClO3.